The molecule has 6 heteroatoms. The number of carbonyl (C=O) groups is 3. The van der Waals surface area contributed by atoms with Gasteiger partial charge in [0.2, 0.25) is 5.91 Å². The molecule has 0 saturated heterocycles. The summed E-state index contributed by atoms with van der Waals surface area (Å²) < 4.78 is 5.30. The fourth-order valence-electron chi connectivity index (χ4n) is 3.10. The van der Waals surface area contributed by atoms with E-state index in [4.69, 9.17) is 10.5 Å². The molecule has 0 saturated carbocycles. The highest BCUT2D eigenvalue weighted by Crippen LogP contribution is 2.22. The second-order valence-electron chi connectivity index (χ2n) is 6.67. The van der Waals surface area contributed by atoms with E-state index in [-0.39, 0.29) is 0 Å². The van der Waals surface area contributed by atoms with Crippen molar-refractivity contribution in [2.24, 2.45) is 5.73 Å². The average molecular weight is 366 g/mol. The Morgan fingerprint density at radius 1 is 0.963 bits per heavy atom. The van der Waals surface area contributed by atoms with E-state index in [0.717, 1.165) is 19.3 Å². The lowest BCUT2D eigenvalue weighted by Crippen LogP contribution is -2.30. The highest BCUT2D eigenvalue weighted by atomic mass is 16.5. The number of hydrogen-bond acceptors (Lipinski definition) is 4. The number of nitrogens with two attached hydrogens (primary N) is 1. The van der Waals surface area contributed by atoms with E-state index in [1.54, 1.807) is 18.2 Å². The monoisotopic (exact) mass is 366 g/mol. The van der Waals surface area contributed by atoms with E-state index in [9.17, 15) is 14.4 Å². The van der Waals surface area contributed by atoms with Crippen molar-refractivity contribution in [3.8, 4) is 0 Å². The molecule has 2 aromatic carbocycles. The number of fused-ring (bicyclic) bond motifs is 1. The number of primary amides is 1. The highest BCUT2D eigenvalue weighted by Gasteiger charge is 2.20. The molecule has 0 unspecified atom stereocenters. The highest BCUT2D eigenvalue weighted by molar-refractivity contribution is 5.98. The number of ether oxygens (including phenoxy) is 1. The molecule has 1 atom stereocenters. The predicted molar refractivity (Wildman–Crippen MR) is 102 cm³/mol. The van der Waals surface area contributed by atoms with Gasteiger partial charge in [0.15, 0.2) is 6.10 Å². The Morgan fingerprint density at radius 2 is 1.59 bits per heavy atom. The number of esters is 1. The minimum absolute atomic E-state index is 0.347. The van der Waals surface area contributed by atoms with E-state index < -0.39 is 23.9 Å². The van der Waals surface area contributed by atoms with Crippen LogP contribution in [0, 0.1) is 0 Å². The molecular formula is C21H22N2O4. The molecule has 0 aliphatic heterocycles. The number of anilines is 1. The van der Waals surface area contributed by atoms with Crippen molar-refractivity contribution < 1.29 is 19.1 Å². The molecule has 27 heavy (non-hydrogen) atoms. The molecule has 0 radical (unpaired) electrons. The van der Waals surface area contributed by atoms with Gasteiger partial charge in [0.05, 0.1) is 5.56 Å². The molecule has 6 nitrogen and oxygen atoms in total. The van der Waals surface area contributed by atoms with Crippen LogP contribution in [0.4, 0.5) is 5.69 Å². The van der Waals surface area contributed by atoms with E-state index in [0.29, 0.717) is 16.8 Å². The molecule has 3 rings (SSSR count). The zero-order chi connectivity index (χ0) is 19.4. The van der Waals surface area contributed by atoms with Crippen LogP contribution in [-0.2, 0) is 22.4 Å². The molecular weight excluding hydrogens is 344 g/mol. The molecule has 3 N–H and O–H groups in total. The van der Waals surface area contributed by atoms with Gasteiger partial charge in [-0.05, 0) is 80.1 Å². The lowest BCUT2D eigenvalue weighted by Gasteiger charge is -2.17. The summed E-state index contributed by atoms with van der Waals surface area (Å²) in [5.41, 5.74) is 8.94. The summed E-state index contributed by atoms with van der Waals surface area (Å²) in [5.74, 6) is -1.51. The van der Waals surface area contributed by atoms with E-state index >= 15 is 0 Å². The third kappa shape index (κ3) is 4.53. The van der Waals surface area contributed by atoms with E-state index in [1.165, 1.54) is 36.6 Å². The molecule has 2 aromatic rings. The van der Waals surface area contributed by atoms with E-state index in [1.807, 2.05) is 12.1 Å². The summed E-state index contributed by atoms with van der Waals surface area (Å²) in [6.45, 7) is 1.52. The average Bonchev–Trinajstić information content (AvgIpc) is 2.67. The van der Waals surface area contributed by atoms with Gasteiger partial charge >= 0.3 is 5.97 Å². The Balaban J connectivity index is 1.60. The Bertz CT molecular complexity index is 874. The number of hydrogen-bond donors (Lipinski definition) is 2. The van der Waals surface area contributed by atoms with Gasteiger partial charge in [-0.3, -0.25) is 9.59 Å². The van der Waals surface area contributed by atoms with Crippen molar-refractivity contribution >= 4 is 23.5 Å². The van der Waals surface area contributed by atoms with Gasteiger partial charge < -0.3 is 15.8 Å². The molecule has 1 aliphatic carbocycles. The SMILES string of the molecule is C[C@@H](OC(=O)c1ccc2c(c1)CCCC2)C(=O)Nc1ccc(C(N)=O)cc1. The summed E-state index contributed by atoms with van der Waals surface area (Å²) in [5, 5.41) is 2.65. The standard InChI is InChI=1S/C21H22N2O4/c1-13(20(25)23-18-10-8-15(9-11-18)19(22)24)27-21(26)17-7-6-14-4-2-3-5-16(14)12-17/h6-13H,2-5H2,1H3,(H2,22,24)(H,23,25)/t13-/m1/s1. The van der Waals surface area contributed by atoms with Crippen LogP contribution >= 0.6 is 0 Å². The van der Waals surface area contributed by atoms with Crippen molar-refractivity contribution in [2.75, 3.05) is 5.32 Å². The van der Waals surface area contributed by atoms with Crippen molar-refractivity contribution in [3.05, 3.63) is 64.7 Å². The zero-order valence-corrected chi connectivity index (χ0v) is 15.2. The maximum absolute atomic E-state index is 12.4. The summed E-state index contributed by atoms with van der Waals surface area (Å²) >= 11 is 0. The van der Waals surface area contributed by atoms with Crippen molar-refractivity contribution in [1.29, 1.82) is 0 Å². The number of benzene rings is 2. The molecule has 0 heterocycles. The second kappa shape index (κ2) is 8.03. The third-order valence-electron chi connectivity index (χ3n) is 4.67. The van der Waals surface area contributed by atoms with Crippen molar-refractivity contribution in [1.82, 2.24) is 0 Å². The van der Waals surface area contributed by atoms with Crippen molar-refractivity contribution in [2.45, 2.75) is 38.7 Å². The maximum atomic E-state index is 12.4. The van der Waals surface area contributed by atoms with Gasteiger partial charge in [-0.1, -0.05) is 6.07 Å². The summed E-state index contributed by atoms with van der Waals surface area (Å²) in [4.78, 5) is 35.7. The van der Waals surface area contributed by atoms with Crippen molar-refractivity contribution in [3.63, 3.8) is 0 Å². The molecule has 1 aliphatic rings. The Hall–Kier alpha value is -3.15. The molecule has 2 amide bonds. The first kappa shape index (κ1) is 18.6. The van der Waals surface area contributed by atoms with Crippen LogP contribution in [0.5, 0.6) is 0 Å². The summed E-state index contributed by atoms with van der Waals surface area (Å²) in [7, 11) is 0. The summed E-state index contributed by atoms with van der Waals surface area (Å²) in [6.07, 6.45) is 3.35. The first-order valence-electron chi connectivity index (χ1n) is 8.97. The first-order chi connectivity index (χ1) is 12.9. The van der Waals surface area contributed by atoms with Crippen LogP contribution in [-0.4, -0.2) is 23.9 Å². The number of rotatable bonds is 5. The third-order valence-corrected chi connectivity index (χ3v) is 4.67. The van der Waals surface area contributed by atoms with Crippen LogP contribution < -0.4 is 11.1 Å². The lowest BCUT2D eigenvalue weighted by atomic mass is 9.90. The predicted octanol–water partition coefficient (Wildman–Crippen LogP) is 2.85. The Kier molecular flexibility index (Phi) is 5.54. The number of amides is 2. The van der Waals surface area contributed by atoms with Gasteiger partial charge in [-0.2, -0.15) is 0 Å². The summed E-state index contributed by atoms with van der Waals surface area (Å²) in [6, 6.07) is 11.7. The van der Waals surface area contributed by atoms with Gasteiger partial charge in [-0.25, -0.2) is 4.79 Å². The second-order valence-corrected chi connectivity index (χ2v) is 6.67. The first-order valence-corrected chi connectivity index (χ1v) is 8.97. The number of carbonyl (C=O) groups excluding carboxylic acids is 3. The van der Waals surface area contributed by atoms with Gasteiger partial charge in [0.25, 0.3) is 5.91 Å². The Labute approximate surface area is 157 Å². The van der Waals surface area contributed by atoms with Gasteiger partial charge in [0, 0.05) is 11.3 Å². The minimum Gasteiger partial charge on any atom is -0.449 e. The largest absolute Gasteiger partial charge is 0.449 e. The van der Waals surface area contributed by atoms with Crippen LogP contribution in [0.1, 0.15) is 51.6 Å². The number of nitrogens with one attached hydrogen (secondary N) is 1. The molecule has 0 fully saturated rings. The van der Waals surface area contributed by atoms with Crippen LogP contribution in [0.2, 0.25) is 0 Å². The molecule has 0 aromatic heterocycles. The van der Waals surface area contributed by atoms with Crippen LogP contribution in [0.25, 0.3) is 0 Å². The molecule has 140 valence electrons. The van der Waals surface area contributed by atoms with E-state index in [2.05, 4.69) is 5.32 Å². The normalized spacial score (nSPS) is 14.0. The fraction of sp³-hybridized carbons (Fsp3) is 0.286. The smallest absolute Gasteiger partial charge is 0.338 e. The lowest BCUT2D eigenvalue weighted by molar-refractivity contribution is -0.123. The van der Waals surface area contributed by atoms with Gasteiger partial charge in [0.1, 0.15) is 0 Å². The zero-order valence-electron chi connectivity index (χ0n) is 15.2. The topological polar surface area (TPSA) is 98.5 Å². The van der Waals surface area contributed by atoms with Crippen LogP contribution in [0.15, 0.2) is 42.5 Å². The van der Waals surface area contributed by atoms with Crippen LogP contribution in [0.3, 0.4) is 0 Å². The minimum atomic E-state index is -0.954. The molecule has 0 bridgehead atoms. The fourth-order valence-corrected chi connectivity index (χ4v) is 3.10. The quantitative estimate of drug-likeness (QED) is 0.795. The maximum Gasteiger partial charge on any atom is 0.338 e. The number of aryl methyl sites for hydroxylation is 2. The molecule has 0 spiro atoms. The van der Waals surface area contributed by atoms with Gasteiger partial charge in [-0.15, -0.1) is 0 Å². The Morgan fingerprint density at radius 3 is 2.26 bits per heavy atom.